The number of nitrogens with zero attached hydrogens (tertiary/aromatic N) is 3. The van der Waals surface area contributed by atoms with Crippen molar-refractivity contribution in [2.24, 2.45) is 0 Å². The van der Waals surface area contributed by atoms with Gasteiger partial charge in [-0.2, -0.15) is 16.9 Å². The Kier molecular flexibility index (Phi) is 4.59. The van der Waals surface area contributed by atoms with Crippen LogP contribution in [-0.4, -0.2) is 39.3 Å². The van der Waals surface area contributed by atoms with Crippen molar-refractivity contribution < 1.29 is 0 Å². The van der Waals surface area contributed by atoms with Gasteiger partial charge in [-0.1, -0.05) is 0 Å². The molecule has 1 saturated heterocycles. The highest BCUT2D eigenvalue weighted by atomic mass is 32.2. The first-order chi connectivity index (χ1) is 9.25. The van der Waals surface area contributed by atoms with E-state index in [1.807, 2.05) is 11.8 Å². The molecule has 0 radical (unpaired) electrons. The second-order valence-corrected chi connectivity index (χ2v) is 8.82. The third kappa shape index (κ3) is 4.63. The van der Waals surface area contributed by atoms with E-state index in [2.05, 4.69) is 67.2 Å². The average Bonchev–Trinajstić information content (AvgIpc) is 2.35. The van der Waals surface area contributed by atoms with Crippen molar-refractivity contribution in [1.29, 1.82) is 0 Å². The second-order valence-electron chi connectivity index (χ2n) is 7.02. The van der Waals surface area contributed by atoms with E-state index < -0.39 is 0 Å². The van der Waals surface area contributed by atoms with Crippen LogP contribution in [0.5, 0.6) is 0 Å². The van der Waals surface area contributed by atoms with Crippen LogP contribution in [0, 0.1) is 0 Å². The molecule has 1 aromatic rings. The van der Waals surface area contributed by atoms with E-state index in [9.17, 15) is 0 Å². The molecule has 4 nitrogen and oxygen atoms in total. The first-order valence-corrected chi connectivity index (χ1v) is 8.20. The molecule has 0 unspecified atom stereocenters. The summed E-state index contributed by atoms with van der Waals surface area (Å²) in [7, 11) is 0. The molecule has 0 bridgehead atoms. The lowest BCUT2D eigenvalue weighted by Crippen LogP contribution is -2.43. The van der Waals surface area contributed by atoms with Crippen molar-refractivity contribution in [1.82, 2.24) is 15.5 Å². The van der Waals surface area contributed by atoms with E-state index in [0.717, 1.165) is 36.9 Å². The van der Waals surface area contributed by atoms with E-state index in [0.29, 0.717) is 4.75 Å². The van der Waals surface area contributed by atoms with Gasteiger partial charge in [-0.3, -0.25) is 0 Å². The summed E-state index contributed by atoms with van der Waals surface area (Å²) < 4.78 is 0.298. The molecule has 112 valence electrons. The fourth-order valence-corrected chi connectivity index (χ4v) is 3.29. The Hall–Kier alpha value is -0.810. The summed E-state index contributed by atoms with van der Waals surface area (Å²) in [6.07, 6.45) is 0. The van der Waals surface area contributed by atoms with Crippen LogP contribution in [0.4, 0.5) is 5.82 Å². The zero-order chi connectivity index (χ0) is 14.8. The van der Waals surface area contributed by atoms with Crippen molar-refractivity contribution in [2.75, 3.05) is 23.7 Å². The van der Waals surface area contributed by atoms with E-state index in [4.69, 9.17) is 0 Å². The van der Waals surface area contributed by atoms with Gasteiger partial charge >= 0.3 is 0 Å². The lowest BCUT2D eigenvalue weighted by molar-refractivity contribution is 0.420. The predicted octanol–water partition coefficient (Wildman–Crippen LogP) is 2.70. The molecule has 1 aromatic heterocycles. The van der Waals surface area contributed by atoms with Crippen LogP contribution < -0.4 is 10.2 Å². The fraction of sp³-hybridized carbons (Fsp3) is 0.733. The minimum atomic E-state index is 0.106. The highest BCUT2D eigenvalue weighted by molar-refractivity contribution is 8.00. The third-order valence-corrected chi connectivity index (χ3v) is 4.55. The molecule has 2 heterocycles. The van der Waals surface area contributed by atoms with Crippen molar-refractivity contribution in [3.63, 3.8) is 0 Å². The van der Waals surface area contributed by atoms with Gasteiger partial charge in [-0.15, -0.1) is 5.10 Å². The normalized spacial score (nSPS) is 19.1. The number of anilines is 1. The monoisotopic (exact) mass is 294 g/mol. The maximum Gasteiger partial charge on any atom is 0.151 e. The van der Waals surface area contributed by atoms with Crippen LogP contribution >= 0.6 is 11.8 Å². The Morgan fingerprint density at radius 1 is 1.30 bits per heavy atom. The Morgan fingerprint density at radius 2 is 2.05 bits per heavy atom. The van der Waals surface area contributed by atoms with Crippen molar-refractivity contribution in [3.8, 4) is 0 Å². The van der Waals surface area contributed by atoms with Crippen molar-refractivity contribution in [3.05, 3.63) is 17.8 Å². The van der Waals surface area contributed by atoms with Gasteiger partial charge in [0.25, 0.3) is 0 Å². The standard InChI is InChI=1S/C15H26N4S/c1-14(2,3)16-10-12-6-7-13(18-17-12)19-8-9-20-15(4,5)11-19/h6-7,16H,8-11H2,1-5H3. The maximum atomic E-state index is 4.40. The predicted molar refractivity (Wildman–Crippen MR) is 87.4 cm³/mol. The van der Waals surface area contributed by atoms with Crippen LogP contribution in [0.25, 0.3) is 0 Å². The van der Waals surface area contributed by atoms with Gasteiger partial charge in [0, 0.05) is 35.7 Å². The molecule has 2 rings (SSSR count). The lowest BCUT2D eigenvalue weighted by atomic mass is 10.1. The van der Waals surface area contributed by atoms with Crippen LogP contribution in [0.15, 0.2) is 12.1 Å². The largest absolute Gasteiger partial charge is 0.353 e. The molecule has 0 spiro atoms. The molecule has 1 fully saturated rings. The molecule has 20 heavy (non-hydrogen) atoms. The minimum absolute atomic E-state index is 0.106. The first-order valence-electron chi connectivity index (χ1n) is 7.22. The summed E-state index contributed by atoms with van der Waals surface area (Å²) in [6.45, 7) is 13.9. The quantitative estimate of drug-likeness (QED) is 0.928. The molecule has 0 atom stereocenters. The van der Waals surface area contributed by atoms with Gasteiger partial charge < -0.3 is 10.2 Å². The third-order valence-electron chi connectivity index (χ3n) is 3.26. The molecule has 1 aliphatic heterocycles. The summed E-state index contributed by atoms with van der Waals surface area (Å²) in [5.74, 6) is 2.15. The molecule has 5 heteroatoms. The highest BCUT2D eigenvalue weighted by Crippen LogP contribution is 2.31. The average molecular weight is 294 g/mol. The Balaban J connectivity index is 1.97. The zero-order valence-electron chi connectivity index (χ0n) is 13.2. The maximum absolute atomic E-state index is 4.40. The Bertz CT molecular complexity index is 436. The molecule has 1 N–H and O–H groups in total. The van der Waals surface area contributed by atoms with Gasteiger partial charge in [0.1, 0.15) is 0 Å². The van der Waals surface area contributed by atoms with Gasteiger partial charge in [-0.05, 0) is 46.8 Å². The lowest BCUT2D eigenvalue weighted by Gasteiger charge is -2.38. The van der Waals surface area contributed by atoms with E-state index in [-0.39, 0.29) is 5.54 Å². The van der Waals surface area contributed by atoms with Crippen molar-refractivity contribution in [2.45, 2.75) is 51.4 Å². The number of hydrogen-bond acceptors (Lipinski definition) is 5. The number of nitrogens with one attached hydrogen (secondary N) is 1. The summed E-state index contributed by atoms with van der Waals surface area (Å²) >= 11 is 2.03. The SMILES string of the molecule is CC(C)(C)NCc1ccc(N2CCSC(C)(C)C2)nn1. The summed E-state index contributed by atoms with van der Waals surface area (Å²) in [4.78, 5) is 2.34. The Labute approximate surface area is 126 Å². The summed E-state index contributed by atoms with van der Waals surface area (Å²) in [5.41, 5.74) is 1.10. The Morgan fingerprint density at radius 3 is 2.60 bits per heavy atom. The molecule has 1 aliphatic rings. The molecule has 0 amide bonds. The van der Waals surface area contributed by atoms with Crippen molar-refractivity contribution >= 4 is 17.6 Å². The number of thioether (sulfide) groups is 1. The first kappa shape index (κ1) is 15.6. The highest BCUT2D eigenvalue weighted by Gasteiger charge is 2.27. The summed E-state index contributed by atoms with van der Waals surface area (Å²) in [6, 6.07) is 4.18. The van der Waals surface area contributed by atoms with Crippen LogP contribution in [-0.2, 0) is 6.54 Å². The van der Waals surface area contributed by atoms with Gasteiger partial charge in [0.15, 0.2) is 5.82 Å². The molecule has 0 aliphatic carbocycles. The summed E-state index contributed by atoms with van der Waals surface area (Å²) in [5, 5.41) is 12.2. The van der Waals surface area contributed by atoms with E-state index in [1.54, 1.807) is 0 Å². The van der Waals surface area contributed by atoms with Crippen LogP contribution in [0.2, 0.25) is 0 Å². The second kappa shape index (κ2) is 5.90. The van der Waals surface area contributed by atoms with Gasteiger partial charge in [0.05, 0.1) is 5.69 Å². The molecule has 0 saturated carbocycles. The topological polar surface area (TPSA) is 41.0 Å². The zero-order valence-corrected chi connectivity index (χ0v) is 14.0. The molecular weight excluding hydrogens is 268 g/mol. The number of aromatic nitrogens is 2. The fourth-order valence-electron chi connectivity index (χ4n) is 2.18. The van der Waals surface area contributed by atoms with Gasteiger partial charge in [0.2, 0.25) is 0 Å². The van der Waals surface area contributed by atoms with Crippen LogP contribution in [0.1, 0.15) is 40.3 Å². The minimum Gasteiger partial charge on any atom is -0.353 e. The van der Waals surface area contributed by atoms with E-state index in [1.165, 1.54) is 0 Å². The molecule has 0 aromatic carbocycles. The smallest absolute Gasteiger partial charge is 0.151 e. The van der Waals surface area contributed by atoms with Gasteiger partial charge in [-0.25, -0.2) is 0 Å². The number of hydrogen-bond donors (Lipinski definition) is 1. The van der Waals surface area contributed by atoms with Crippen LogP contribution in [0.3, 0.4) is 0 Å². The van der Waals surface area contributed by atoms with E-state index >= 15 is 0 Å². The molecular formula is C15H26N4S. The number of rotatable bonds is 3.